The van der Waals surface area contributed by atoms with Crippen LogP contribution in [0.15, 0.2) is 12.7 Å². The van der Waals surface area contributed by atoms with Crippen molar-refractivity contribution in [2.75, 3.05) is 0 Å². The van der Waals surface area contributed by atoms with E-state index in [4.69, 9.17) is 5.73 Å². The van der Waals surface area contributed by atoms with Crippen molar-refractivity contribution >= 4 is 5.91 Å². The molecule has 1 saturated carbocycles. The highest BCUT2D eigenvalue weighted by atomic mass is 16.2. The Morgan fingerprint density at radius 3 is 2.58 bits per heavy atom. The van der Waals surface area contributed by atoms with Crippen molar-refractivity contribution in [1.82, 2.24) is 4.90 Å². The Balaban J connectivity index is 2.07. The Morgan fingerprint density at radius 2 is 2.00 bits per heavy atom. The van der Waals surface area contributed by atoms with Crippen LogP contribution in [0.1, 0.15) is 44.9 Å². The van der Waals surface area contributed by atoms with Gasteiger partial charge in [0.1, 0.15) is 6.04 Å². The number of carbonyl (C=O) groups is 1. The Labute approximate surface area is 115 Å². The van der Waals surface area contributed by atoms with Gasteiger partial charge in [0.05, 0.1) is 18.2 Å². The number of hydrogen-bond donors (Lipinski definition) is 1. The summed E-state index contributed by atoms with van der Waals surface area (Å²) in [6, 6.07) is 1.42. The second-order valence-electron chi connectivity index (χ2n) is 5.69. The van der Waals surface area contributed by atoms with Crippen LogP contribution in [0.25, 0.3) is 0 Å². The van der Waals surface area contributed by atoms with Crippen molar-refractivity contribution in [3.63, 3.8) is 0 Å². The average Bonchev–Trinajstić information content (AvgIpc) is 2.89. The van der Waals surface area contributed by atoms with Gasteiger partial charge in [0.15, 0.2) is 0 Å². The molecule has 0 radical (unpaired) electrons. The fourth-order valence-electron chi connectivity index (χ4n) is 3.38. The van der Waals surface area contributed by atoms with E-state index in [1.807, 2.05) is 0 Å². The third kappa shape index (κ3) is 2.82. The van der Waals surface area contributed by atoms with E-state index in [0.717, 1.165) is 38.5 Å². The molecule has 1 saturated heterocycles. The summed E-state index contributed by atoms with van der Waals surface area (Å²) in [6.07, 6.45) is 8.98. The minimum atomic E-state index is -0.448. The molecule has 2 unspecified atom stereocenters. The summed E-state index contributed by atoms with van der Waals surface area (Å²) in [5, 5.41) is 9.17. The van der Waals surface area contributed by atoms with Gasteiger partial charge in [-0.2, -0.15) is 5.26 Å². The Morgan fingerprint density at radius 1 is 1.32 bits per heavy atom. The Hall–Kier alpha value is -1.34. The Bertz CT molecular complexity index is 381. The first-order valence-electron chi connectivity index (χ1n) is 7.29. The fraction of sp³-hybridized carbons (Fsp3) is 0.733. The van der Waals surface area contributed by atoms with Crippen LogP contribution in [0.3, 0.4) is 0 Å². The lowest BCUT2D eigenvalue weighted by molar-refractivity contribution is -0.135. The number of nitrogens with zero attached hydrogens (tertiary/aromatic N) is 2. The summed E-state index contributed by atoms with van der Waals surface area (Å²) < 4.78 is 0. The summed E-state index contributed by atoms with van der Waals surface area (Å²) in [4.78, 5) is 14.3. The third-order valence-electron chi connectivity index (χ3n) is 4.55. The number of likely N-dealkylation sites (tertiary alicyclic amines) is 1. The highest BCUT2D eigenvalue weighted by Crippen LogP contribution is 2.30. The molecule has 1 aliphatic carbocycles. The first-order valence-corrected chi connectivity index (χ1v) is 7.29. The van der Waals surface area contributed by atoms with Crippen molar-refractivity contribution in [2.45, 2.75) is 63.1 Å². The van der Waals surface area contributed by atoms with Crippen molar-refractivity contribution in [3.8, 4) is 6.07 Å². The maximum atomic E-state index is 12.6. The molecule has 1 aliphatic heterocycles. The number of amides is 1. The molecule has 2 rings (SSSR count). The predicted molar refractivity (Wildman–Crippen MR) is 74.0 cm³/mol. The zero-order chi connectivity index (χ0) is 13.8. The standard InChI is InChI=1S/C15H23N3O/c1-2-12-8-9-13(10-16)18(12)15(19)14(17)11-6-4-3-5-7-11/h2,11-14H,1,3-9,17H2/t12?,13?,14-/m0/s1. The van der Waals surface area contributed by atoms with E-state index >= 15 is 0 Å². The van der Waals surface area contributed by atoms with Crippen LogP contribution in [-0.2, 0) is 4.79 Å². The molecule has 4 heteroatoms. The molecule has 104 valence electrons. The van der Waals surface area contributed by atoms with Gasteiger partial charge in [0, 0.05) is 0 Å². The smallest absolute Gasteiger partial charge is 0.241 e. The van der Waals surface area contributed by atoms with Crippen LogP contribution in [0.2, 0.25) is 0 Å². The minimum Gasteiger partial charge on any atom is -0.320 e. The molecule has 0 aromatic carbocycles. The van der Waals surface area contributed by atoms with E-state index in [0.29, 0.717) is 0 Å². The maximum Gasteiger partial charge on any atom is 0.241 e. The van der Waals surface area contributed by atoms with Crippen molar-refractivity contribution in [1.29, 1.82) is 5.26 Å². The molecule has 0 aromatic rings. The number of nitrogens with two attached hydrogens (primary N) is 1. The number of hydrogen-bond acceptors (Lipinski definition) is 3. The van der Waals surface area contributed by atoms with Crippen molar-refractivity contribution in [3.05, 3.63) is 12.7 Å². The third-order valence-corrected chi connectivity index (χ3v) is 4.55. The van der Waals surface area contributed by atoms with Gasteiger partial charge in [0.25, 0.3) is 0 Å². The lowest BCUT2D eigenvalue weighted by atomic mass is 9.83. The molecule has 0 bridgehead atoms. The molecule has 2 fully saturated rings. The molecule has 0 spiro atoms. The van der Waals surface area contributed by atoms with Gasteiger partial charge in [0.2, 0.25) is 5.91 Å². The van der Waals surface area contributed by atoms with Crippen LogP contribution in [-0.4, -0.2) is 28.9 Å². The van der Waals surface area contributed by atoms with E-state index < -0.39 is 6.04 Å². The Kier molecular flexibility index (Phi) is 4.60. The highest BCUT2D eigenvalue weighted by molar-refractivity contribution is 5.83. The summed E-state index contributed by atoms with van der Waals surface area (Å²) >= 11 is 0. The molecule has 1 amide bonds. The lowest BCUT2D eigenvalue weighted by Gasteiger charge is -2.33. The highest BCUT2D eigenvalue weighted by Gasteiger charge is 2.39. The first kappa shape index (κ1) is 14.1. The topological polar surface area (TPSA) is 70.1 Å². The minimum absolute atomic E-state index is 0.0215. The normalized spacial score (nSPS) is 29.8. The predicted octanol–water partition coefficient (Wildman–Crippen LogP) is 1.96. The zero-order valence-electron chi connectivity index (χ0n) is 11.4. The number of nitriles is 1. The van der Waals surface area contributed by atoms with Crippen LogP contribution < -0.4 is 5.73 Å². The second-order valence-corrected chi connectivity index (χ2v) is 5.69. The van der Waals surface area contributed by atoms with Crippen molar-refractivity contribution < 1.29 is 4.79 Å². The fourth-order valence-corrected chi connectivity index (χ4v) is 3.38. The van der Waals surface area contributed by atoms with Crippen LogP contribution >= 0.6 is 0 Å². The summed E-state index contributed by atoms with van der Waals surface area (Å²) in [5.41, 5.74) is 6.17. The monoisotopic (exact) mass is 261 g/mol. The first-order chi connectivity index (χ1) is 9.19. The molecule has 2 aliphatic rings. The summed E-state index contributed by atoms with van der Waals surface area (Å²) in [7, 11) is 0. The van der Waals surface area contributed by atoms with E-state index in [-0.39, 0.29) is 23.9 Å². The van der Waals surface area contributed by atoms with Crippen LogP contribution in [0.4, 0.5) is 0 Å². The quantitative estimate of drug-likeness (QED) is 0.789. The molecule has 0 aromatic heterocycles. The van der Waals surface area contributed by atoms with E-state index in [2.05, 4.69) is 12.6 Å². The van der Waals surface area contributed by atoms with Gasteiger partial charge in [-0.3, -0.25) is 4.79 Å². The molecule has 19 heavy (non-hydrogen) atoms. The van der Waals surface area contributed by atoms with Gasteiger partial charge in [-0.05, 0) is 31.6 Å². The second kappa shape index (κ2) is 6.21. The van der Waals surface area contributed by atoms with E-state index in [9.17, 15) is 10.1 Å². The largest absolute Gasteiger partial charge is 0.320 e. The van der Waals surface area contributed by atoms with Gasteiger partial charge in [-0.25, -0.2) is 0 Å². The molecule has 1 heterocycles. The average molecular weight is 261 g/mol. The van der Waals surface area contributed by atoms with E-state index in [1.54, 1.807) is 11.0 Å². The molecular formula is C15H23N3O. The van der Waals surface area contributed by atoms with Crippen LogP contribution in [0.5, 0.6) is 0 Å². The van der Waals surface area contributed by atoms with Gasteiger partial charge >= 0.3 is 0 Å². The van der Waals surface area contributed by atoms with Crippen LogP contribution in [0, 0.1) is 17.2 Å². The zero-order valence-corrected chi connectivity index (χ0v) is 11.4. The van der Waals surface area contributed by atoms with Gasteiger partial charge in [-0.1, -0.05) is 25.3 Å². The lowest BCUT2D eigenvalue weighted by Crippen LogP contribution is -2.51. The van der Waals surface area contributed by atoms with Gasteiger partial charge in [-0.15, -0.1) is 6.58 Å². The molecule has 4 nitrogen and oxygen atoms in total. The number of carbonyl (C=O) groups excluding carboxylic acids is 1. The van der Waals surface area contributed by atoms with E-state index in [1.165, 1.54) is 6.42 Å². The SMILES string of the molecule is C=CC1CCC(C#N)N1C(=O)[C@@H](N)C1CCCCC1. The van der Waals surface area contributed by atoms with Crippen molar-refractivity contribution in [2.24, 2.45) is 11.7 Å². The molecule has 3 atom stereocenters. The number of rotatable bonds is 3. The maximum absolute atomic E-state index is 12.6. The summed E-state index contributed by atoms with van der Waals surface area (Å²) in [6.45, 7) is 3.77. The molecule has 2 N–H and O–H groups in total. The van der Waals surface area contributed by atoms with Gasteiger partial charge < -0.3 is 10.6 Å². The summed E-state index contributed by atoms with van der Waals surface area (Å²) in [5.74, 6) is 0.229. The molecular weight excluding hydrogens is 238 g/mol.